The number of hydrogen-bond donors (Lipinski definition) is 3. The molecule has 0 saturated heterocycles. The fourth-order valence-electron chi connectivity index (χ4n) is 3.78. The van der Waals surface area contributed by atoms with E-state index < -0.39 is 0 Å². The number of benzene rings is 2. The Morgan fingerprint density at radius 1 is 1.07 bits per heavy atom. The highest BCUT2D eigenvalue weighted by Gasteiger charge is 2.38. The first-order valence-electron chi connectivity index (χ1n) is 8.88. The second-order valence-electron chi connectivity index (χ2n) is 8.10. The summed E-state index contributed by atoms with van der Waals surface area (Å²) in [6.07, 6.45) is 1.12. The molecule has 0 fully saturated rings. The molecule has 1 heterocycles. The maximum atomic E-state index is 9.90. The van der Waals surface area contributed by atoms with E-state index >= 15 is 0 Å². The predicted octanol–water partition coefficient (Wildman–Crippen LogP) is 5.76. The lowest BCUT2D eigenvalue weighted by Crippen LogP contribution is -2.33. The van der Waals surface area contributed by atoms with Gasteiger partial charge in [0.25, 0.3) is 0 Å². The molecule has 144 valence electrons. The van der Waals surface area contributed by atoms with Crippen LogP contribution in [0.4, 0.5) is 11.4 Å². The van der Waals surface area contributed by atoms with Gasteiger partial charge in [0.05, 0.1) is 7.11 Å². The van der Waals surface area contributed by atoms with Crippen molar-refractivity contribution in [3.05, 3.63) is 42.0 Å². The van der Waals surface area contributed by atoms with Crippen LogP contribution in [0.5, 0.6) is 11.5 Å². The molecule has 6 heteroatoms. The van der Waals surface area contributed by atoms with Gasteiger partial charge in [-0.3, -0.25) is 0 Å². The summed E-state index contributed by atoms with van der Waals surface area (Å²) < 4.78 is 5.29. The molecule has 3 rings (SSSR count). The zero-order valence-electron chi connectivity index (χ0n) is 16.3. The summed E-state index contributed by atoms with van der Waals surface area (Å²) in [7, 11) is 1.52. The number of hydrogen-bond acceptors (Lipinski definition) is 4. The Labute approximate surface area is 170 Å². The topological polar surface area (TPSA) is 53.5 Å². The van der Waals surface area contributed by atoms with E-state index in [-0.39, 0.29) is 15.9 Å². The number of anilines is 2. The van der Waals surface area contributed by atoms with Crippen molar-refractivity contribution < 1.29 is 9.84 Å². The lowest BCUT2D eigenvalue weighted by Gasteiger charge is -2.41. The third-order valence-corrected chi connectivity index (χ3v) is 6.13. The Hall–Kier alpha value is -1.92. The van der Waals surface area contributed by atoms with E-state index in [9.17, 15) is 5.11 Å². The number of rotatable bonds is 3. The van der Waals surface area contributed by atoms with Crippen molar-refractivity contribution in [3.8, 4) is 11.5 Å². The molecule has 0 aliphatic carbocycles. The maximum Gasteiger partial charge on any atom is 0.175 e. The van der Waals surface area contributed by atoms with Gasteiger partial charge in [-0.15, -0.1) is 11.8 Å². The molecule has 2 aromatic rings. The van der Waals surface area contributed by atoms with Crippen LogP contribution in [0.2, 0.25) is 0 Å². The molecule has 0 bridgehead atoms. The van der Waals surface area contributed by atoms with Gasteiger partial charge in [0.15, 0.2) is 16.6 Å². The fourth-order valence-corrected chi connectivity index (χ4v) is 5.63. The summed E-state index contributed by atoms with van der Waals surface area (Å²) in [5, 5.41) is 16.7. The SMILES string of the molecule is COc1ccc(NC(=S)Nc2ccc3c(c2)C(C)(C)CC(C)(C)S3)cc1O. The van der Waals surface area contributed by atoms with Crippen molar-refractivity contribution in [2.45, 2.75) is 49.2 Å². The van der Waals surface area contributed by atoms with Crippen LogP contribution in [0, 0.1) is 0 Å². The highest BCUT2D eigenvalue weighted by molar-refractivity contribution is 8.00. The van der Waals surface area contributed by atoms with E-state index in [0.29, 0.717) is 16.5 Å². The molecule has 27 heavy (non-hydrogen) atoms. The monoisotopic (exact) mass is 402 g/mol. The van der Waals surface area contributed by atoms with Gasteiger partial charge in [0, 0.05) is 27.1 Å². The Morgan fingerprint density at radius 3 is 2.33 bits per heavy atom. The fraction of sp³-hybridized carbons (Fsp3) is 0.381. The number of phenolic OH excluding ortho intramolecular Hbond substituents is 1. The number of thiocarbonyl (C=S) groups is 1. The zero-order valence-corrected chi connectivity index (χ0v) is 18.0. The van der Waals surface area contributed by atoms with Gasteiger partial charge in [0.2, 0.25) is 0 Å². The second kappa shape index (κ2) is 7.24. The molecular formula is C21H26N2O2S2. The summed E-state index contributed by atoms with van der Waals surface area (Å²) in [4.78, 5) is 1.33. The maximum absolute atomic E-state index is 9.90. The van der Waals surface area contributed by atoms with E-state index in [0.717, 1.165) is 12.1 Å². The van der Waals surface area contributed by atoms with E-state index in [2.05, 4.69) is 56.5 Å². The van der Waals surface area contributed by atoms with Crippen molar-refractivity contribution in [1.82, 2.24) is 0 Å². The molecule has 4 nitrogen and oxygen atoms in total. The van der Waals surface area contributed by atoms with Crippen LogP contribution in [0.15, 0.2) is 41.3 Å². The van der Waals surface area contributed by atoms with Crippen LogP contribution in [0.1, 0.15) is 39.7 Å². The molecule has 0 radical (unpaired) electrons. The highest BCUT2D eigenvalue weighted by Crippen LogP contribution is 2.51. The molecule has 1 aliphatic rings. The number of nitrogens with one attached hydrogen (secondary N) is 2. The molecule has 0 aromatic heterocycles. The van der Waals surface area contributed by atoms with E-state index in [1.807, 2.05) is 11.8 Å². The second-order valence-corrected chi connectivity index (χ2v) is 10.3. The number of ether oxygens (including phenoxy) is 1. The molecule has 3 N–H and O–H groups in total. The third kappa shape index (κ3) is 4.50. The smallest absolute Gasteiger partial charge is 0.175 e. The van der Waals surface area contributed by atoms with Crippen molar-refractivity contribution >= 4 is 40.5 Å². The third-order valence-electron chi connectivity index (χ3n) is 4.66. The van der Waals surface area contributed by atoms with Crippen LogP contribution in [0.3, 0.4) is 0 Å². The molecule has 0 saturated carbocycles. The van der Waals surface area contributed by atoms with Crippen LogP contribution in [-0.2, 0) is 5.41 Å². The van der Waals surface area contributed by atoms with Gasteiger partial charge in [-0.1, -0.05) is 27.7 Å². The number of methoxy groups -OCH3 is 1. The summed E-state index contributed by atoms with van der Waals surface area (Å²) in [6.45, 7) is 9.21. The summed E-state index contributed by atoms with van der Waals surface area (Å²) >= 11 is 7.37. The molecule has 0 atom stereocenters. The average molecular weight is 403 g/mol. The quantitative estimate of drug-likeness (QED) is 0.567. The number of fused-ring (bicyclic) bond motifs is 1. The molecule has 0 spiro atoms. The first-order chi connectivity index (χ1) is 12.6. The Kier molecular flexibility index (Phi) is 5.32. The van der Waals surface area contributed by atoms with Crippen LogP contribution in [-0.4, -0.2) is 22.1 Å². The average Bonchev–Trinajstić information content (AvgIpc) is 2.54. The van der Waals surface area contributed by atoms with E-state index in [1.54, 1.807) is 18.2 Å². The largest absolute Gasteiger partial charge is 0.504 e. The van der Waals surface area contributed by atoms with Gasteiger partial charge < -0.3 is 20.5 Å². The lowest BCUT2D eigenvalue weighted by molar-refractivity contribution is 0.373. The zero-order chi connectivity index (χ0) is 19.8. The summed E-state index contributed by atoms with van der Waals surface area (Å²) in [5.41, 5.74) is 3.11. The normalized spacial score (nSPS) is 16.9. The number of phenols is 1. The van der Waals surface area contributed by atoms with Crippen LogP contribution < -0.4 is 15.4 Å². The van der Waals surface area contributed by atoms with Crippen molar-refractivity contribution in [2.75, 3.05) is 17.7 Å². The van der Waals surface area contributed by atoms with Gasteiger partial charge in [-0.2, -0.15) is 0 Å². The molecule has 2 aromatic carbocycles. The Bertz CT molecular complexity index is 878. The Balaban J connectivity index is 1.75. The minimum atomic E-state index is 0.0699. The lowest BCUT2D eigenvalue weighted by atomic mass is 9.77. The van der Waals surface area contributed by atoms with Crippen LogP contribution >= 0.6 is 24.0 Å². The van der Waals surface area contributed by atoms with Crippen LogP contribution in [0.25, 0.3) is 0 Å². The first-order valence-corrected chi connectivity index (χ1v) is 10.1. The molecule has 0 amide bonds. The predicted molar refractivity (Wildman–Crippen MR) is 119 cm³/mol. The van der Waals surface area contributed by atoms with Crippen molar-refractivity contribution in [1.29, 1.82) is 0 Å². The minimum absolute atomic E-state index is 0.0699. The molecular weight excluding hydrogens is 376 g/mol. The van der Waals surface area contributed by atoms with Crippen molar-refractivity contribution in [3.63, 3.8) is 0 Å². The van der Waals surface area contributed by atoms with Crippen molar-refractivity contribution in [2.24, 2.45) is 0 Å². The first kappa shape index (κ1) is 19.8. The highest BCUT2D eigenvalue weighted by atomic mass is 32.2. The Morgan fingerprint density at radius 2 is 1.70 bits per heavy atom. The minimum Gasteiger partial charge on any atom is -0.504 e. The summed E-state index contributed by atoms with van der Waals surface area (Å²) in [5.74, 6) is 0.497. The van der Waals surface area contributed by atoms with E-state index in [4.69, 9.17) is 17.0 Å². The summed E-state index contributed by atoms with van der Waals surface area (Å²) in [6, 6.07) is 11.5. The number of aromatic hydroxyl groups is 1. The standard InChI is InChI=1S/C21H26N2O2S2/c1-20(2)12-21(3,4)27-18-9-7-13(10-15(18)20)22-19(26)23-14-6-8-17(25-5)16(24)11-14/h6-11,24H,12H2,1-5H3,(H2,22,23,26). The number of thioether (sulfide) groups is 1. The molecule has 0 unspecified atom stereocenters. The van der Waals surface area contributed by atoms with Gasteiger partial charge >= 0.3 is 0 Å². The van der Waals surface area contributed by atoms with Gasteiger partial charge in [-0.05, 0) is 59.9 Å². The van der Waals surface area contributed by atoms with E-state index in [1.165, 1.54) is 17.6 Å². The molecule has 1 aliphatic heterocycles. The van der Waals surface area contributed by atoms with Gasteiger partial charge in [0.1, 0.15) is 0 Å². The van der Waals surface area contributed by atoms with Gasteiger partial charge in [-0.25, -0.2) is 0 Å².